The van der Waals surface area contributed by atoms with Crippen LogP contribution >= 0.6 is 15.9 Å². The third-order valence-corrected chi connectivity index (χ3v) is 3.96. The Bertz CT molecular complexity index is 517. The van der Waals surface area contributed by atoms with Crippen LogP contribution in [-0.4, -0.2) is 21.5 Å². The van der Waals surface area contributed by atoms with Crippen LogP contribution in [-0.2, 0) is 10.0 Å². The van der Waals surface area contributed by atoms with Gasteiger partial charge in [0, 0.05) is 13.1 Å². The van der Waals surface area contributed by atoms with Crippen molar-refractivity contribution < 1.29 is 12.8 Å². The second-order valence-corrected chi connectivity index (χ2v) is 5.76. The van der Waals surface area contributed by atoms with Crippen LogP contribution in [0.2, 0.25) is 0 Å². The molecule has 7 heteroatoms. The molecule has 0 radical (unpaired) electrons. The van der Waals surface area contributed by atoms with Gasteiger partial charge in [-0.25, -0.2) is 17.5 Å². The lowest BCUT2D eigenvalue weighted by Crippen LogP contribution is -2.24. The van der Waals surface area contributed by atoms with Crippen molar-refractivity contribution >= 4 is 26.0 Å². The number of sulfonamides is 1. The van der Waals surface area contributed by atoms with Crippen LogP contribution < -0.4 is 10.5 Å². The van der Waals surface area contributed by atoms with Crippen molar-refractivity contribution in [1.29, 1.82) is 0 Å². The minimum atomic E-state index is -3.68. The summed E-state index contributed by atoms with van der Waals surface area (Å²) in [6.45, 7) is 0.464. The molecule has 0 spiro atoms. The molecule has 94 valence electrons. The van der Waals surface area contributed by atoms with Crippen molar-refractivity contribution in [3.63, 3.8) is 0 Å². The van der Waals surface area contributed by atoms with E-state index in [1.807, 2.05) is 0 Å². The van der Waals surface area contributed by atoms with Crippen LogP contribution in [0, 0.1) is 5.82 Å². The Labute approximate surface area is 108 Å². The van der Waals surface area contributed by atoms with E-state index in [9.17, 15) is 12.8 Å². The van der Waals surface area contributed by atoms with Gasteiger partial charge in [-0.1, -0.05) is 12.2 Å². The topological polar surface area (TPSA) is 72.2 Å². The normalized spacial score (nSPS) is 12.2. The minimum absolute atomic E-state index is 0.112. The van der Waals surface area contributed by atoms with Crippen molar-refractivity contribution in [3.8, 4) is 0 Å². The molecule has 0 saturated carbocycles. The van der Waals surface area contributed by atoms with E-state index in [0.29, 0.717) is 6.54 Å². The molecule has 1 aromatic rings. The van der Waals surface area contributed by atoms with Crippen molar-refractivity contribution in [3.05, 3.63) is 40.6 Å². The maximum absolute atomic E-state index is 13.2. The maximum Gasteiger partial charge on any atom is 0.240 e. The van der Waals surface area contributed by atoms with Gasteiger partial charge in [-0.15, -0.1) is 0 Å². The molecule has 0 aromatic heterocycles. The smallest absolute Gasteiger partial charge is 0.240 e. The van der Waals surface area contributed by atoms with Crippen molar-refractivity contribution in [2.24, 2.45) is 5.73 Å². The average molecular weight is 323 g/mol. The number of nitrogens with two attached hydrogens (primary N) is 1. The lowest BCUT2D eigenvalue weighted by molar-refractivity contribution is 0.580. The van der Waals surface area contributed by atoms with Crippen LogP contribution in [0.1, 0.15) is 0 Å². The second-order valence-electron chi connectivity index (χ2n) is 3.13. The van der Waals surface area contributed by atoms with Gasteiger partial charge in [0.1, 0.15) is 5.82 Å². The van der Waals surface area contributed by atoms with Crippen molar-refractivity contribution in [1.82, 2.24) is 4.72 Å². The summed E-state index contributed by atoms with van der Waals surface area (Å²) in [5.74, 6) is -0.620. The zero-order valence-electron chi connectivity index (χ0n) is 8.86. The Morgan fingerprint density at radius 1 is 1.41 bits per heavy atom. The van der Waals surface area contributed by atoms with Crippen LogP contribution in [0.3, 0.4) is 0 Å². The van der Waals surface area contributed by atoms with Gasteiger partial charge < -0.3 is 5.73 Å². The van der Waals surface area contributed by atoms with Crippen LogP contribution in [0.15, 0.2) is 39.7 Å². The quantitative estimate of drug-likeness (QED) is 0.804. The Kier molecular flexibility index (Phi) is 5.26. The number of hydrogen-bond acceptors (Lipinski definition) is 3. The molecular formula is C10H12BrFN2O2S. The summed E-state index contributed by atoms with van der Waals surface area (Å²) in [6.07, 6.45) is 3.22. The first-order chi connectivity index (χ1) is 7.97. The van der Waals surface area contributed by atoms with Crippen molar-refractivity contribution in [2.75, 3.05) is 13.1 Å². The first kappa shape index (κ1) is 14.3. The summed E-state index contributed by atoms with van der Waals surface area (Å²) in [4.78, 5) is -0.112. The third-order valence-electron chi connectivity index (χ3n) is 1.90. The molecule has 3 N–H and O–H groups in total. The molecule has 0 heterocycles. The van der Waals surface area contributed by atoms with Crippen LogP contribution in [0.4, 0.5) is 4.39 Å². The van der Waals surface area contributed by atoms with E-state index >= 15 is 0 Å². The van der Waals surface area contributed by atoms with Gasteiger partial charge in [0.2, 0.25) is 10.0 Å². The molecule has 0 aliphatic heterocycles. The molecule has 0 unspecified atom stereocenters. The molecule has 1 aromatic carbocycles. The number of halogens is 2. The first-order valence-electron chi connectivity index (χ1n) is 4.77. The third kappa shape index (κ3) is 4.19. The number of benzene rings is 1. The van der Waals surface area contributed by atoms with Crippen LogP contribution in [0.25, 0.3) is 0 Å². The van der Waals surface area contributed by atoms with E-state index in [1.165, 1.54) is 12.1 Å². The molecule has 0 bridgehead atoms. The fourth-order valence-corrected chi connectivity index (χ4v) is 2.30. The minimum Gasteiger partial charge on any atom is -0.327 e. The van der Waals surface area contributed by atoms with Gasteiger partial charge in [-0.05, 0) is 34.1 Å². The van der Waals surface area contributed by atoms with Gasteiger partial charge >= 0.3 is 0 Å². The van der Waals surface area contributed by atoms with E-state index in [1.54, 1.807) is 12.2 Å². The lowest BCUT2D eigenvalue weighted by atomic mass is 10.3. The van der Waals surface area contributed by atoms with Gasteiger partial charge in [-0.3, -0.25) is 0 Å². The Hall–Kier alpha value is -0.760. The molecule has 1 rings (SSSR count). The highest BCUT2D eigenvalue weighted by Gasteiger charge is 2.14. The van der Waals surface area contributed by atoms with Gasteiger partial charge in [0.25, 0.3) is 0 Å². The van der Waals surface area contributed by atoms with E-state index in [-0.39, 0.29) is 15.9 Å². The fourth-order valence-electron chi connectivity index (χ4n) is 1.06. The predicted octanol–water partition coefficient (Wildman–Crippen LogP) is 1.38. The summed E-state index contributed by atoms with van der Waals surface area (Å²) < 4.78 is 39.1. The molecule has 4 nitrogen and oxygen atoms in total. The van der Waals surface area contributed by atoms with E-state index in [0.717, 1.165) is 6.07 Å². The van der Waals surface area contributed by atoms with Gasteiger partial charge in [0.15, 0.2) is 0 Å². The molecular weight excluding hydrogens is 311 g/mol. The summed E-state index contributed by atoms with van der Waals surface area (Å²) in [6, 6.07) is 3.63. The fraction of sp³-hybridized carbons (Fsp3) is 0.200. The summed E-state index contributed by atoms with van der Waals surface area (Å²) in [5, 5.41) is 0. The highest BCUT2D eigenvalue weighted by atomic mass is 79.9. The van der Waals surface area contributed by atoms with E-state index < -0.39 is 15.8 Å². The van der Waals surface area contributed by atoms with Gasteiger partial charge in [-0.2, -0.15) is 0 Å². The highest BCUT2D eigenvalue weighted by Crippen LogP contribution is 2.19. The first-order valence-corrected chi connectivity index (χ1v) is 7.05. The van der Waals surface area contributed by atoms with Crippen molar-refractivity contribution in [2.45, 2.75) is 4.90 Å². The molecule has 17 heavy (non-hydrogen) atoms. The summed E-state index contributed by atoms with van der Waals surface area (Å²) in [7, 11) is -3.68. The molecule has 0 aliphatic rings. The monoisotopic (exact) mass is 322 g/mol. The Balaban J connectivity index is 2.82. The Morgan fingerprint density at radius 2 is 2.12 bits per heavy atom. The van der Waals surface area contributed by atoms with Crippen LogP contribution in [0.5, 0.6) is 0 Å². The standard InChI is InChI=1S/C10H12BrFN2O2S/c11-9-4-3-8(7-10(9)12)17(15,16)14-6-2-1-5-13/h1-4,7,14H,5-6,13H2/b2-1+. The number of hydrogen-bond donors (Lipinski definition) is 2. The summed E-state index contributed by atoms with van der Waals surface area (Å²) >= 11 is 2.95. The SMILES string of the molecule is NC/C=C/CNS(=O)(=O)c1ccc(Br)c(F)c1. The zero-order valence-corrected chi connectivity index (χ0v) is 11.3. The molecule has 0 atom stereocenters. The molecule has 0 saturated heterocycles. The molecule has 0 aliphatic carbocycles. The number of rotatable bonds is 5. The summed E-state index contributed by atoms with van der Waals surface area (Å²) in [5.41, 5.74) is 5.21. The Morgan fingerprint density at radius 3 is 2.71 bits per heavy atom. The van der Waals surface area contributed by atoms with Gasteiger partial charge in [0.05, 0.1) is 9.37 Å². The largest absolute Gasteiger partial charge is 0.327 e. The highest BCUT2D eigenvalue weighted by molar-refractivity contribution is 9.10. The maximum atomic E-state index is 13.2. The lowest BCUT2D eigenvalue weighted by Gasteiger charge is -2.05. The average Bonchev–Trinajstić information content (AvgIpc) is 2.28. The zero-order chi connectivity index (χ0) is 12.9. The predicted molar refractivity (Wildman–Crippen MR) is 67.5 cm³/mol. The number of nitrogens with one attached hydrogen (secondary N) is 1. The van der Waals surface area contributed by atoms with E-state index in [4.69, 9.17) is 5.73 Å². The molecule has 0 fully saturated rings. The van der Waals surface area contributed by atoms with E-state index in [2.05, 4.69) is 20.7 Å². The molecule has 0 amide bonds. The second kappa shape index (κ2) is 6.25.